The number of aliphatic imine (C=N–C) groups is 1. The van der Waals surface area contributed by atoms with Crippen LogP contribution in [0.4, 0.5) is 0 Å². The molecule has 0 radical (unpaired) electrons. The Labute approximate surface area is 105 Å². The van der Waals surface area contributed by atoms with Crippen molar-refractivity contribution < 1.29 is 19.5 Å². The fraction of sp³-hybridized carbons (Fsp3) is 0.636. The molecule has 0 fully saturated rings. The largest absolute Gasteiger partial charge is 0.480 e. The number of unbranched alkanes of at least 4 members (excludes halogenated alkanes) is 1. The zero-order chi connectivity index (χ0) is 13.7. The molecule has 1 aliphatic rings. The summed E-state index contributed by atoms with van der Waals surface area (Å²) in [5, 5.41) is 11.5. The van der Waals surface area contributed by atoms with Crippen LogP contribution in [0.25, 0.3) is 0 Å². The van der Waals surface area contributed by atoms with Crippen LogP contribution in [-0.4, -0.2) is 53.3 Å². The van der Waals surface area contributed by atoms with Gasteiger partial charge in [-0.1, -0.05) is 0 Å². The van der Waals surface area contributed by atoms with Gasteiger partial charge in [0.2, 0.25) is 0 Å². The first kappa shape index (κ1) is 14.3. The van der Waals surface area contributed by atoms with E-state index in [2.05, 4.69) is 10.3 Å². The molecule has 0 saturated heterocycles. The van der Waals surface area contributed by atoms with E-state index in [0.717, 1.165) is 0 Å². The third-order valence-corrected chi connectivity index (χ3v) is 2.85. The van der Waals surface area contributed by atoms with Gasteiger partial charge >= 0.3 is 17.8 Å². The van der Waals surface area contributed by atoms with Crippen LogP contribution in [0.15, 0.2) is 4.99 Å². The second-order valence-corrected chi connectivity index (χ2v) is 4.10. The van der Waals surface area contributed by atoms with Gasteiger partial charge in [0.15, 0.2) is 0 Å². The van der Waals surface area contributed by atoms with Crippen LogP contribution in [0.2, 0.25) is 0 Å². The molecule has 0 aliphatic carbocycles. The summed E-state index contributed by atoms with van der Waals surface area (Å²) in [4.78, 5) is 38.0. The van der Waals surface area contributed by atoms with E-state index in [1.54, 1.807) is 14.0 Å². The number of nitrogens with zero attached hydrogens (tertiary/aromatic N) is 2. The number of rotatable bonds is 7. The number of hydrogen-bond donors (Lipinski definition) is 2. The number of amides is 2. The summed E-state index contributed by atoms with van der Waals surface area (Å²) < 4.78 is 0. The van der Waals surface area contributed by atoms with Gasteiger partial charge in [-0.25, -0.2) is 0 Å². The molecule has 2 N–H and O–H groups in total. The maximum absolute atomic E-state index is 11.4. The molecule has 1 rings (SSSR count). The van der Waals surface area contributed by atoms with Crippen molar-refractivity contribution in [3.05, 3.63) is 0 Å². The minimum atomic E-state index is -0.886. The lowest BCUT2D eigenvalue weighted by molar-refractivity contribution is -0.140. The van der Waals surface area contributed by atoms with Crippen LogP contribution in [0.5, 0.6) is 0 Å². The van der Waals surface area contributed by atoms with Gasteiger partial charge in [-0.2, -0.15) is 4.99 Å². The fourth-order valence-electron chi connectivity index (χ4n) is 1.79. The van der Waals surface area contributed by atoms with E-state index in [1.807, 2.05) is 0 Å². The molecule has 0 aromatic carbocycles. The molecule has 0 saturated carbocycles. The maximum Gasteiger partial charge on any atom is 0.337 e. The molecular formula is C11H17N3O4. The van der Waals surface area contributed by atoms with Gasteiger partial charge in [0.1, 0.15) is 11.9 Å². The highest BCUT2D eigenvalue weighted by atomic mass is 16.4. The van der Waals surface area contributed by atoms with E-state index < -0.39 is 23.8 Å². The van der Waals surface area contributed by atoms with Gasteiger partial charge in [-0.05, 0) is 33.2 Å². The van der Waals surface area contributed by atoms with E-state index in [4.69, 9.17) is 5.11 Å². The lowest BCUT2D eigenvalue weighted by Gasteiger charge is -2.15. The van der Waals surface area contributed by atoms with E-state index in [-0.39, 0.29) is 0 Å². The molecule has 1 aliphatic heterocycles. The van der Waals surface area contributed by atoms with Crippen molar-refractivity contribution >= 4 is 23.6 Å². The van der Waals surface area contributed by atoms with Gasteiger partial charge in [0, 0.05) is 6.54 Å². The third-order valence-electron chi connectivity index (χ3n) is 2.85. The predicted molar refractivity (Wildman–Crippen MR) is 64.2 cm³/mol. The Morgan fingerprint density at radius 3 is 2.56 bits per heavy atom. The minimum absolute atomic E-state index is 0.399. The van der Waals surface area contributed by atoms with Gasteiger partial charge in [-0.3, -0.25) is 19.3 Å². The Hall–Kier alpha value is -1.76. The summed E-state index contributed by atoms with van der Waals surface area (Å²) in [5.41, 5.74) is 0. The predicted octanol–water partition coefficient (Wildman–Crippen LogP) is -0.383. The number of likely N-dealkylation sites (N-methyl/N-ethyl adjacent to an activating group) is 1. The fourth-order valence-corrected chi connectivity index (χ4v) is 1.79. The van der Waals surface area contributed by atoms with Gasteiger partial charge < -0.3 is 10.4 Å². The zero-order valence-corrected chi connectivity index (χ0v) is 10.5. The third kappa shape index (κ3) is 3.36. The molecule has 1 unspecified atom stereocenters. The molecular weight excluding hydrogens is 238 g/mol. The quantitative estimate of drug-likeness (QED) is 0.477. The number of nitrogens with one attached hydrogen (secondary N) is 1. The number of aliphatic carboxylic acids is 1. The zero-order valence-electron chi connectivity index (χ0n) is 10.5. The molecule has 18 heavy (non-hydrogen) atoms. The molecule has 0 aromatic heterocycles. The Morgan fingerprint density at radius 2 is 2.11 bits per heavy atom. The summed E-state index contributed by atoms with van der Waals surface area (Å²) in [6, 6.07) is -0.573. The molecule has 1 heterocycles. The van der Waals surface area contributed by atoms with Crippen molar-refractivity contribution in [1.82, 2.24) is 10.2 Å². The summed E-state index contributed by atoms with van der Waals surface area (Å²) in [6.07, 6.45) is 1.78. The van der Waals surface area contributed by atoms with Gasteiger partial charge in [0.05, 0.1) is 0 Å². The van der Waals surface area contributed by atoms with Crippen LogP contribution < -0.4 is 5.32 Å². The second kappa shape index (κ2) is 6.25. The van der Waals surface area contributed by atoms with Crippen LogP contribution in [0, 0.1) is 0 Å². The number of carbonyl (C=O) groups excluding carboxylic acids is 2. The lowest BCUT2D eigenvalue weighted by atomic mass is 10.1. The minimum Gasteiger partial charge on any atom is -0.480 e. The van der Waals surface area contributed by atoms with Crippen LogP contribution >= 0.6 is 0 Å². The normalized spacial score (nSPS) is 17.0. The highest BCUT2D eigenvalue weighted by Gasteiger charge is 2.29. The smallest absolute Gasteiger partial charge is 0.337 e. The summed E-state index contributed by atoms with van der Waals surface area (Å²) in [6.45, 7) is 2.01. The topological polar surface area (TPSA) is 99.1 Å². The van der Waals surface area contributed by atoms with E-state index in [1.165, 1.54) is 4.90 Å². The van der Waals surface area contributed by atoms with Crippen LogP contribution in [0.3, 0.4) is 0 Å². The molecule has 7 heteroatoms. The number of carboxylic acid groups (broad SMARTS) is 1. The van der Waals surface area contributed by atoms with Crippen molar-refractivity contribution in [2.45, 2.75) is 32.2 Å². The molecule has 100 valence electrons. The number of amidine groups is 1. The van der Waals surface area contributed by atoms with Crippen molar-refractivity contribution in [3.63, 3.8) is 0 Å². The number of carbonyl (C=O) groups is 3. The number of carboxylic acids is 1. The first-order valence-corrected chi connectivity index (χ1v) is 5.78. The Bertz CT molecular complexity index is 392. The van der Waals surface area contributed by atoms with Crippen molar-refractivity contribution in [2.24, 2.45) is 4.99 Å². The highest BCUT2D eigenvalue weighted by molar-refractivity contribution is 6.43. The van der Waals surface area contributed by atoms with Crippen molar-refractivity contribution in [1.29, 1.82) is 0 Å². The van der Waals surface area contributed by atoms with Crippen molar-refractivity contribution in [2.75, 3.05) is 13.6 Å². The molecule has 0 spiro atoms. The average Bonchev–Trinajstić information content (AvgIpc) is 2.54. The van der Waals surface area contributed by atoms with E-state index in [9.17, 15) is 14.4 Å². The van der Waals surface area contributed by atoms with Gasteiger partial charge in [0.25, 0.3) is 0 Å². The molecule has 7 nitrogen and oxygen atoms in total. The summed E-state index contributed by atoms with van der Waals surface area (Å²) in [7, 11) is 1.60. The molecule has 0 aromatic rings. The van der Waals surface area contributed by atoms with E-state index in [0.29, 0.717) is 31.6 Å². The van der Waals surface area contributed by atoms with Gasteiger partial charge in [-0.15, -0.1) is 0 Å². The molecule has 0 bridgehead atoms. The second-order valence-electron chi connectivity index (χ2n) is 4.10. The Balaban J connectivity index is 2.31. The highest BCUT2D eigenvalue weighted by Crippen LogP contribution is 2.08. The van der Waals surface area contributed by atoms with Crippen LogP contribution in [-0.2, 0) is 14.4 Å². The summed E-state index contributed by atoms with van der Waals surface area (Å²) in [5.74, 6) is -1.81. The first-order valence-electron chi connectivity index (χ1n) is 5.78. The monoisotopic (exact) mass is 255 g/mol. The van der Waals surface area contributed by atoms with Crippen LogP contribution in [0.1, 0.15) is 26.2 Å². The maximum atomic E-state index is 11.4. The molecule has 2 amide bonds. The van der Waals surface area contributed by atoms with E-state index >= 15 is 0 Å². The first-order chi connectivity index (χ1) is 8.47. The summed E-state index contributed by atoms with van der Waals surface area (Å²) >= 11 is 0. The van der Waals surface area contributed by atoms with Crippen molar-refractivity contribution in [3.8, 4) is 0 Å². The Morgan fingerprint density at radius 1 is 1.44 bits per heavy atom. The standard InChI is InChI=1S/C11H17N3O4/c1-7-13-9(15)10(16)14(7)6-4-3-5-8(12-2)11(17)18/h8,12H,3-6H2,1-2H3,(H,17,18). The Kier molecular flexibility index (Phi) is 4.96. The SMILES string of the molecule is CNC(CCCCN1C(=O)C(=O)N=C1C)C(=O)O. The number of hydrogen-bond acceptors (Lipinski definition) is 4. The molecule has 1 atom stereocenters. The average molecular weight is 255 g/mol. The lowest BCUT2D eigenvalue weighted by Crippen LogP contribution is -2.35.